The number of non-ortho nitro benzene ring substituents is 1. The van der Waals surface area contributed by atoms with Crippen molar-refractivity contribution in [2.24, 2.45) is 0 Å². The van der Waals surface area contributed by atoms with E-state index in [-0.39, 0.29) is 5.69 Å². The normalized spacial score (nSPS) is 10.3. The maximum atomic E-state index is 10.9. The number of nitrogens with one attached hydrogen (secondary N) is 2. The molecule has 0 aliphatic carbocycles. The topological polar surface area (TPSA) is 93.1 Å². The van der Waals surface area contributed by atoms with Crippen molar-refractivity contribution in [2.75, 3.05) is 11.9 Å². The molecule has 2 aromatic rings. The highest BCUT2D eigenvalue weighted by atomic mass is 16.6. The first-order chi connectivity index (χ1) is 9.58. The second-order valence-electron chi connectivity index (χ2n) is 4.39. The van der Waals surface area contributed by atoms with Crippen LogP contribution in [0.4, 0.5) is 11.4 Å². The third-order valence-electron chi connectivity index (χ3n) is 2.59. The fourth-order valence-electron chi connectivity index (χ4n) is 1.69. The largest absolute Gasteiger partial charge is 0.437 e. The molecule has 0 aliphatic heterocycles. The number of hydrogen-bond acceptors (Lipinski definition) is 5. The second kappa shape index (κ2) is 6.05. The fourth-order valence-corrected chi connectivity index (χ4v) is 1.69. The molecule has 0 fully saturated rings. The summed E-state index contributed by atoms with van der Waals surface area (Å²) in [5.41, 5.74) is 1.49. The zero-order valence-corrected chi connectivity index (χ0v) is 11.3. The zero-order valence-electron chi connectivity index (χ0n) is 11.3. The van der Waals surface area contributed by atoms with E-state index in [4.69, 9.17) is 4.74 Å². The monoisotopic (exact) mass is 276 g/mol. The number of hydrogen-bond donors (Lipinski definition) is 2. The summed E-state index contributed by atoms with van der Waals surface area (Å²) in [6, 6.07) is 6.30. The Bertz CT molecular complexity index is 609. The number of benzene rings is 1. The summed E-state index contributed by atoms with van der Waals surface area (Å²) in [7, 11) is 0. The van der Waals surface area contributed by atoms with Crippen LogP contribution < -0.4 is 10.1 Å². The SMILES string of the molecule is CCCNc1cc(Oc2cc(C)[nH]n2)cc([N+](=O)[O-])c1. The maximum Gasteiger partial charge on any atom is 0.275 e. The third-order valence-corrected chi connectivity index (χ3v) is 2.59. The molecule has 0 spiro atoms. The quantitative estimate of drug-likeness (QED) is 0.624. The van der Waals surface area contributed by atoms with Gasteiger partial charge in [0.25, 0.3) is 5.69 Å². The second-order valence-corrected chi connectivity index (χ2v) is 4.39. The van der Waals surface area contributed by atoms with Gasteiger partial charge in [0.05, 0.1) is 11.0 Å². The van der Waals surface area contributed by atoms with Gasteiger partial charge in [-0.2, -0.15) is 0 Å². The van der Waals surface area contributed by atoms with Crippen molar-refractivity contribution < 1.29 is 9.66 Å². The zero-order chi connectivity index (χ0) is 14.5. The predicted octanol–water partition coefficient (Wildman–Crippen LogP) is 3.24. The lowest BCUT2D eigenvalue weighted by Crippen LogP contribution is -2.01. The van der Waals surface area contributed by atoms with E-state index < -0.39 is 4.92 Å². The highest BCUT2D eigenvalue weighted by Crippen LogP contribution is 2.29. The van der Waals surface area contributed by atoms with Gasteiger partial charge in [0.1, 0.15) is 5.75 Å². The molecular formula is C13H16N4O3. The number of H-pyrrole nitrogens is 1. The van der Waals surface area contributed by atoms with Crippen LogP contribution in [0.25, 0.3) is 0 Å². The molecule has 2 N–H and O–H groups in total. The number of aromatic nitrogens is 2. The summed E-state index contributed by atoms with van der Waals surface area (Å²) in [6.07, 6.45) is 0.928. The molecule has 1 heterocycles. The van der Waals surface area contributed by atoms with Crippen LogP contribution in [-0.4, -0.2) is 21.7 Å². The molecule has 0 bridgehead atoms. The molecule has 20 heavy (non-hydrogen) atoms. The molecule has 1 aromatic carbocycles. The van der Waals surface area contributed by atoms with Gasteiger partial charge in [0.15, 0.2) is 0 Å². The third kappa shape index (κ3) is 3.47. The summed E-state index contributed by atoms with van der Waals surface area (Å²) in [5.74, 6) is 0.758. The van der Waals surface area contributed by atoms with Crippen molar-refractivity contribution in [3.63, 3.8) is 0 Å². The van der Waals surface area contributed by atoms with Crippen LogP contribution in [-0.2, 0) is 0 Å². The minimum Gasteiger partial charge on any atom is -0.437 e. The number of anilines is 1. The summed E-state index contributed by atoms with van der Waals surface area (Å²) in [4.78, 5) is 10.5. The Kier molecular flexibility index (Phi) is 4.19. The number of nitrogens with zero attached hydrogens (tertiary/aromatic N) is 2. The van der Waals surface area contributed by atoms with Gasteiger partial charge in [0.2, 0.25) is 5.88 Å². The average molecular weight is 276 g/mol. The van der Waals surface area contributed by atoms with Gasteiger partial charge in [-0.05, 0) is 13.3 Å². The molecule has 7 nitrogen and oxygen atoms in total. The van der Waals surface area contributed by atoms with Crippen LogP contribution in [0.2, 0.25) is 0 Å². The predicted molar refractivity (Wildman–Crippen MR) is 75.3 cm³/mol. The van der Waals surface area contributed by atoms with Gasteiger partial charge < -0.3 is 10.1 Å². The van der Waals surface area contributed by atoms with E-state index in [9.17, 15) is 10.1 Å². The van der Waals surface area contributed by atoms with Crippen LogP contribution in [0, 0.1) is 17.0 Å². The van der Waals surface area contributed by atoms with Crippen molar-refractivity contribution >= 4 is 11.4 Å². The maximum absolute atomic E-state index is 10.9. The summed E-state index contributed by atoms with van der Waals surface area (Å²) in [6.45, 7) is 4.61. The summed E-state index contributed by atoms with van der Waals surface area (Å²) >= 11 is 0. The van der Waals surface area contributed by atoms with Crippen molar-refractivity contribution in [1.29, 1.82) is 0 Å². The summed E-state index contributed by atoms with van der Waals surface area (Å²) in [5, 5.41) is 20.7. The number of aryl methyl sites for hydroxylation is 1. The lowest BCUT2D eigenvalue weighted by atomic mass is 10.2. The number of ether oxygens (including phenoxy) is 1. The lowest BCUT2D eigenvalue weighted by molar-refractivity contribution is -0.384. The lowest BCUT2D eigenvalue weighted by Gasteiger charge is -2.07. The summed E-state index contributed by atoms with van der Waals surface area (Å²) < 4.78 is 5.52. The highest BCUT2D eigenvalue weighted by molar-refractivity contribution is 5.56. The van der Waals surface area contributed by atoms with E-state index in [0.717, 1.165) is 18.7 Å². The van der Waals surface area contributed by atoms with Crippen LogP contribution in [0.3, 0.4) is 0 Å². The number of rotatable bonds is 6. The Morgan fingerprint density at radius 3 is 2.80 bits per heavy atom. The van der Waals surface area contributed by atoms with Gasteiger partial charge in [-0.1, -0.05) is 6.92 Å². The fraction of sp³-hybridized carbons (Fsp3) is 0.308. The Hall–Kier alpha value is -2.57. The van der Waals surface area contributed by atoms with E-state index in [1.165, 1.54) is 12.1 Å². The molecule has 7 heteroatoms. The molecule has 0 radical (unpaired) electrons. The molecule has 0 atom stereocenters. The average Bonchev–Trinajstić information content (AvgIpc) is 2.81. The van der Waals surface area contributed by atoms with Crippen molar-refractivity contribution in [3.8, 4) is 11.6 Å². The number of aromatic amines is 1. The first kappa shape index (κ1) is 13.9. The van der Waals surface area contributed by atoms with E-state index in [1.807, 2.05) is 13.8 Å². The van der Waals surface area contributed by atoms with Gasteiger partial charge in [-0.25, -0.2) is 0 Å². The first-order valence-corrected chi connectivity index (χ1v) is 6.31. The minimum absolute atomic E-state index is 0.0200. The van der Waals surface area contributed by atoms with Gasteiger partial charge in [-0.3, -0.25) is 15.2 Å². The van der Waals surface area contributed by atoms with Crippen molar-refractivity contribution in [2.45, 2.75) is 20.3 Å². The molecule has 0 unspecified atom stereocenters. The molecule has 0 aliphatic rings. The van der Waals surface area contributed by atoms with Crippen LogP contribution >= 0.6 is 0 Å². The molecule has 2 rings (SSSR count). The van der Waals surface area contributed by atoms with E-state index in [0.29, 0.717) is 17.3 Å². The van der Waals surface area contributed by atoms with Crippen LogP contribution in [0.1, 0.15) is 19.0 Å². The van der Waals surface area contributed by atoms with Gasteiger partial charge >= 0.3 is 0 Å². The van der Waals surface area contributed by atoms with Crippen molar-refractivity contribution in [3.05, 3.63) is 40.1 Å². The molecule has 0 amide bonds. The standard InChI is InChI=1S/C13H16N4O3/c1-3-4-14-10-6-11(17(18)19)8-12(7-10)20-13-5-9(2)15-16-13/h5-8,14H,3-4H2,1-2H3,(H,15,16). The number of nitro benzene ring substituents is 1. The molecular weight excluding hydrogens is 260 g/mol. The van der Waals surface area contributed by atoms with Gasteiger partial charge in [-0.15, -0.1) is 5.10 Å². The van der Waals surface area contributed by atoms with E-state index in [2.05, 4.69) is 15.5 Å². The Morgan fingerprint density at radius 1 is 1.40 bits per heavy atom. The molecule has 1 aromatic heterocycles. The Labute approximate surface area is 116 Å². The highest BCUT2D eigenvalue weighted by Gasteiger charge is 2.12. The van der Waals surface area contributed by atoms with Crippen molar-refractivity contribution in [1.82, 2.24) is 10.2 Å². The Balaban J connectivity index is 2.26. The Morgan fingerprint density at radius 2 is 2.20 bits per heavy atom. The molecule has 106 valence electrons. The van der Waals surface area contributed by atoms with Gasteiger partial charge in [0, 0.05) is 36.1 Å². The van der Waals surface area contributed by atoms with E-state index in [1.54, 1.807) is 12.1 Å². The minimum atomic E-state index is -0.445. The molecule has 0 saturated carbocycles. The smallest absolute Gasteiger partial charge is 0.275 e. The molecule has 0 saturated heterocycles. The number of nitro groups is 1. The first-order valence-electron chi connectivity index (χ1n) is 6.31. The van der Waals surface area contributed by atoms with Crippen LogP contribution in [0.5, 0.6) is 11.6 Å². The van der Waals surface area contributed by atoms with E-state index >= 15 is 0 Å². The van der Waals surface area contributed by atoms with Crippen LogP contribution in [0.15, 0.2) is 24.3 Å².